The molecule has 0 amide bonds. The SMILES string of the molecule is Cc1cc2c(I)nn(C)c2cc1N. The molecule has 68 valence electrons. The van der Waals surface area contributed by atoms with Gasteiger partial charge in [-0.1, -0.05) is 0 Å². The smallest absolute Gasteiger partial charge is 0.131 e. The molecule has 0 saturated carbocycles. The van der Waals surface area contributed by atoms with Crippen LogP contribution in [0.5, 0.6) is 0 Å². The number of halogens is 1. The first-order valence-electron chi connectivity index (χ1n) is 3.98. The lowest BCUT2D eigenvalue weighted by molar-refractivity contribution is 0.787. The fraction of sp³-hybridized carbons (Fsp3) is 0.222. The molecule has 0 aliphatic carbocycles. The maximum Gasteiger partial charge on any atom is 0.131 e. The van der Waals surface area contributed by atoms with Crippen molar-refractivity contribution in [2.24, 2.45) is 7.05 Å². The van der Waals surface area contributed by atoms with Gasteiger partial charge in [-0.05, 0) is 47.2 Å². The molecule has 0 radical (unpaired) electrons. The zero-order valence-corrected chi connectivity index (χ0v) is 9.66. The highest BCUT2D eigenvalue weighted by Crippen LogP contribution is 2.24. The molecule has 0 atom stereocenters. The minimum atomic E-state index is 0.826. The second kappa shape index (κ2) is 2.87. The van der Waals surface area contributed by atoms with Crippen molar-refractivity contribution >= 4 is 39.2 Å². The van der Waals surface area contributed by atoms with Gasteiger partial charge in [0.05, 0.1) is 5.52 Å². The maximum atomic E-state index is 5.82. The molecule has 2 aromatic rings. The summed E-state index contributed by atoms with van der Waals surface area (Å²) >= 11 is 2.23. The second-order valence-electron chi connectivity index (χ2n) is 3.14. The van der Waals surface area contributed by atoms with Crippen LogP contribution in [0.1, 0.15) is 5.56 Å². The number of rotatable bonds is 0. The Hall–Kier alpha value is -0.780. The topological polar surface area (TPSA) is 43.8 Å². The first-order valence-corrected chi connectivity index (χ1v) is 5.06. The summed E-state index contributed by atoms with van der Waals surface area (Å²) in [4.78, 5) is 0. The standard InChI is InChI=1S/C9H10IN3/c1-5-3-6-8(4-7(5)11)13(2)12-9(6)10/h3-4H,11H2,1-2H3. The molecule has 1 aromatic carbocycles. The van der Waals surface area contributed by atoms with E-state index in [-0.39, 0.29) is 0 Å². The molecule has 0 bridgehead atoms. The summed E-state index contributed by atoms with van der Waals surface area (Å²) in [5, 5.41) is 5.50. The maximum absolute atomic E-state index is 5.82. The Morgan fingerprint density at radius 2 is 2.15 bits per heavy atom. The van der Waals surface area contributed by atoms with E-state index in [9.17, 15) is 0 Å². The van der Waals surface area contributed by atoms with E-state index in [4.69, 9.17) is 5.73 Å². The first kappa shape index (κ1) is 8.80. The third kappa shape index (κ3) is 1.29. The van der Waals surface area contributed by atoms with Crippen LogP contribution in [-0.2, 0) is 7.05 Å². The number of nitrogen functional groups attached to an aromatic ring is 1. The van der Waals surface area contributed by atoms with Gasteiger partial charge in [-0.3, -0.25) is 4.68 Å². The highest BCUT2D eigenvalue weighted by atomic mass is 127. The van der Waals surface area contributed by atoms with Crippen molar-refractivity contribution in [3.8, 4) is 0 Å². The fourth-order valence-electron chi connectivity index (χ4n) is 1.39. The van der Waals surface area contributed by atoms with Gasteiger partial charge in [0.15, 0.2) is 0 Å². The van der Waals surface area contributed by atoms with Crippen molar-refractivity contribution in [1.29, 1.82) is 0 Å². The molecule has 0 fully saturated rings. The fourth-order valence-corrected chi connectivity index (χ4v) is 2.14. The minimum absolute atomic E-state index is 0.826. The van der Waals surface area contributed by atoms with Gasteiger partial charge in [0, 0.05) is 18.1 Å². The highest BCUT2D eigenvalue weighted by molar-refractivity contribution is 14.1. The number of aryl methyl sites for hydroxylation is 2. The summed E-state index contributed by atoms with van der Waals surface area (Å²) < 4.78 is 2.88. The minimum Gasteiger partial charge on any atom is -0.398 e. The molecular formula is C9H10IN3. The normalized spacial score (nSPS) is 11.0. The summed E-state index contributed by atoms with van der Waals surface area (Å²) in [7, 11) is 1.93. The van der Waals surface area contributed by atoms with E-state index >= 15 is 0 Å². The molecular weight excluding hydrogens is 277 g/mol. The van der Waals surface area contributed by atoms with Crippen LogP contribution in [0.15, 0.2) is 12.1 Å². The van der Waals surface area contributed by atoms with Crippen molar-refractivity contribution in [3.63, 3.8) is 0 Å². The third-order valence-electron chi connectivity index (χ3n) is 2.19. The number of anilines is 1. The average molecular weight is 287 g/mol. The molecule has 4 heteroatoms. The molecule has 0 aliphatic heterocycles. The number of nitrogens with two attached hydrogens (primary N) is 1. The van der Waals surface area contributed by atoms with Crippen molar-refractivity contribution < 1.29 is 0 Å². The van der Waals surface area contributed by atoms with Crippen LogP contribution in [0.25, 0.3) is 10.9 Å². The second-order valence-corrected chi connectivity index (χ2v) is 4.16. The summed E-state index contributed by atoms with van der Waals surface area (Å²) in [5.41, 5.74) is 8.85. The molecule has 0 aliphatic rings. The summed E-state index contributed by atoms with van der Waals surface area (Å²) in [6.07, 6.45) is 0. The zero-order chi connectivity index (χ0) is 9.59. The largest absolute Gasteiger partial charge is 0.398 e. The van der Waals surface area contributed by atoms with E-state index in [1.54, 1.807) is 0 Å². The van der Waals surface area contributed by atoms with Gasteiger partial charge in [0.2, 0.25) is 0 Å². The molecule has 0 saturated heterocycles. The van der Waals surface area contributed by atoms with Crippen molar-refractivity contribution in [2.75, 3.05) is 5.73 Å². The lowest BCUT2D eigenvalue weighted by atomic mass is 10.1. The molecule has 1 heterocycles. The summed E-state index contributed by atoms with van der Waals surface area (Å²) in [6.45, 7) is 2.01. The van der Waals surface area contributed by atoms with Crippen LogP contribution in [0, 0.1) is 10.6 Å². The number of hydrogen-bond acceptors (Lipinski definition) is 2. The lowest BCUT2D eigenvalue weighted by Gasteiger charge is -2.00. The molecule has 13 heavy (non-hydrogen) atoms. The van der Waals surface area contributed by atoms with Crippen LogP contribution < -0.4 is 5.73 Å². The zero-order valence-electron chi connectivity index (χ0n) is 7.50. The van der Waals surface area contributed by atoms with Gasteiger partial charge in [-0.2, -0.15) is 5.10 Å². The van der Waals surface area contributed by atoms with Gasteiger partial charge < -0.3 is 5.73 Å². The highest BCUT2D eigenvalue weighted by Gasteiger charge is 2.07. The van der Waals surface area contributed by atoms with Gasteiger partial charge in [-0.15, -0.1) is 0 Å². The van der Waals surface area contributed by atoms with E-state index in [0.29, 0.717) is 0 Å². The Bertz CT molecular complexity index is 431. The van der Waals surface area contributed by atoms with E-state index in [0.717, 1.165) is 20.5 Å². The predicted molar refractivity (Wildman–Crippen MR) is 62.6 cm³/mol. The quantitative estimate of drug-likeness (QED) is 0.595. The van der Waals surface area contributed by atoms with Crippen LogP contribution in [0.3, 0.4) is 0 Å². The Balaban J connectivity index is 2.91. The van der Waals surface area contributed by atoms with E-state index in [1.807, 2.05) is 24.7 Å². The number of nitrogens with zero attached hydrogens (tertiary/aromatic N) is 2. The van der Waals surface area contributed by atoms with Gasteiger partial charge in [-0.25, -0.2) is 0 Å². The number of benzene rings is 1. The van der Waals surface area contributed by atoms with E-state index in [2.05, 4.69) is 33.8 Å². The van der Waals surface area contributed by atoms with Crippen LogP contribution >= 0.6 is 22.6 Å². The molecule has 0 unspecified atom stereocenters. The Morgan fingerprint density at radius 3 is 2.85 bits per heavy atom. The van der Waals surface area contributed by atoms with Crippen LogP contribution in [0.2, 0.25) is 0 Å². The van der Waals surface area contributed by atoms with Crippen molar-refractivity contribution in [3.05, 3.63) is 21.4 Å². The van der Waals surface area contributed by atoms with Crippen molar-refractivity contribution in [1.82, 2.24) is 9.78 Å². The lowest BCUT2D eigenvalue weighted by Crippen LogP contribution is -1.92. The summed E-state index contributed by atoms with van der Waals surface area (Å²) in [6, 6.07) is 4.05. The van der Waals surface area contributed by atoms with Crippen molar-refractivity contribution in [2.45, 2.75) is 6.92 Å². The van der Waals surface area contributed by atoms with Gasteiger partial charge >= 0.3 is 0 Å². The molecule has 1 aromatic heterocycles. The Kier molecular flexibility index (Phi) is 1.94. The van der Waals surface area contributed by atoms with E-state index < -0.39 is 0 Å². The molecule has 2 rings (SSSR count). The van der Waals surface area contributed by atoms with Crippen LogP contribution in [0.4, 0.5) is 5.69 Å². The molecule has 3 nitrogen and oxygen atoms in total. The monoisotopic (exact) mass is 287 g/mol. The first-order chi connectivity index (χ1) is 6.09. The number of aromatic nitrogens is 2. The molecule has 2 N–H and O–H groups in total. The molecule has 0 spiro atoms. The summed E-state index contributed by atoms with van der Waals surface area (Å²) in [5.74, 6) is 0. The number of hydrogen-bond donors (Lipinski definition) is 1. The third-order valence-corrected chi connectivity index (χ3v) is 2.99. The Labute approximate surface area is 90.1 Å². The Morgan fingerprint density at radius 1 is 1.46 bits per heavy atom. The predicted octanol–water partition coefficient (Wildman–Crippen LogP) is 2.07. The number of fused-ring (bicyclic) bond motifs is 1. The average Bonchev–Trinajstić information content (AvgIpc) is 2.31. The van der Waals surface area contributed by atoms with Gasteiger partial charge in [0.1, 0.15) is 3.70 Å². The van der Waals surface area contributed by atoms with Gasteiger partial charge in [0.25, 0.3) is 0 Å². The van der Waals surface area contributed by atoms with Crippen LogP contribution in [-0.4, -0.2) is 9.78 Å². The van der Waals surface area contributed by atoms with E-state index in [1.165, 1.54) is 5.39 Å².